The molecule has 0 bridgehead atoms. The van der Waals surface area contributed by atoms with Gasteiger partial charge in [-0.1, -0.05) is 20.4 Å². The first kappa shape index (κ1) is 8.18. The zero-order valence-electron chi connectivity index (χ0n) is 7.09. The fourth-order valence-corrected chi connectivity index (χ4v) is 1.12. The maximum atomic E-state index is 9.30. The van der Waals surface area contributed by atoms with Crippen molar-refractivity contribution in [2.45, 2.75) is 13.8 Å². The quantitative estimate of drug-likeness (QED) is 0.602. The Labute approximate surface area is 67.6 Å². The summed E-state index contributed by atoms with van der Waals surface area (Å²) < 4.78 is 0. The molecule has 0 aliphatic carbocycles. The lowest BCUT2D eigenvalue weighted by Crippen LogP contribution is -2.29. The molecule has 11 heavy (non-hydrogen) atoms. The van der Waals surface area contributed by atoms with Gasteiger partial charge in [-0.2, -0.15) is 0 Å². The average Bonchev–Trinajstić information content (AvgIpc) is 1.94. The Hall–Kier alpha value is -0.920. The lowest BCUT2D eigenvalue weighted by Gasteiger charge is -2.24. The highest BCUT2D eigenvalue weighted by molar-refractivity contribution is 5.24. The second-order valence-corrected chi connectivity index (χ2v) is 3.32. The summed E-state index contributed by atoms with van der Waals surface area (Å²) in [7, 11) is 0. The maximum absolute atomic E-state index is 9.30. The standard InChI is InChI=1S/C9H15NO/c1-6(2)8-4-9(11)7(3)10-5-8/h4,6,8,10-11H,3,5H2,1-2H3. The van der Waals surface area contributed by atoms with Gasteiger partial charge in [-0.25, -0.2) is 0 Å². The van der Waals surface area contributed by atoms with Crippen molar-refractivity contribution < 1.29 is 5.11 Å². The molecule has 0 saturated carbocycles. The van der Waals surface area contributed by atoms with Gasteiger partial charge in [0, 0.05) is 12.5 Å². The third kappa shape index (κ3) is 1.76. The van der Waals surface area contributed by atoms with Crippen LogP contribution in [-0.4, -0.2) is 11.7 Å². The molecule has 1 rings (SSSR count). The third-order valence-electron chi connectivity index (χ3n) is 2.09. The molecule has 1 heterocycles. The molecule has 2 heteroatoms. The zero-order chi connectivity index (χ0) is 8.43. The molecule has 2 nitrogen and oxygen atoms in total. The molecule has 1 aliphatic heterocycles. The van der Waals surface area contributed by atoms with Crippen molar-refractivity contribution in [1.82, 2.24) is 5.32 Å². The smallest absolute Gasteiger partial charge is 0.134 e. The van der Waals surface area contributed by atoms with Gasteiger partial charge < -0.3 is 10.4 Å². The van der Waals surface area contributed by atoms with Gasteiger partial charge in [0.1, 0.15) is 5.76 Å². The fraction of sp³-hybridized carbons (Fsp3) is 0.556. The largest absolute Gasteiger partial charge is 0.506 e. The maximum Gasteiger partial charge on any atom is 0.134 e. The van der Waals surface area contributed by atoms with Gasteiger partial charge in [-0.3, -0.25) is 0 Å². The summed E-state index contributed by atoms with van der Waals surface area (Å²) in [5, 5.41) is 12.3. The Kier molecular flexibility index (Phi) is 2.22. The molecule has 0 spiro atoms. The Morgan fingerprint density at radius 3 is 2.82 bits per heavy atom. The molecule has 1 atom stereocenters. The topological polar surface area (TPSA) is 32.3 Å². The summed E-state index contributed by atoms with van der Waals surface area (Å²) in [4.78, 5) is 0. The number of nitrogens with one attached hydrogen (secondary N) is 1. The SMILES string of the molecule is C=C1NCC(C(C)C)C=C1O. The Morgan fingerprint density at radius 2 is 2.36 bits per heavy atom. The van der Waals surface area contributed by atoms with Crippen LogP contribution in [0.5, 0.6) is 0 Å². The summed E-state index contributed by atoms with van der Waals surface area (Å²) in [5.74, 6) is 1.30. The van der Waals surface area contributed by atoms with E-state index >= 15 is 0 Å². The molecule has 0 aromatic rings. The molecule has 62 valence electrons. The van der Waals surface area contributed by atoms with E-state index in [0.29, 0.717) is 23.3 Å². The minimum Gasteiger partial charge on any atom is -0.506 e. The van der Waals surface area contributed by atoms with Crippen LogP contribution in [0.3, 0.4) is 0 Å². The summed E-state index contributed by atoms with van der Waals surface area (Å²) in [6.07, 6.45) is 1.88. The molecule has 0 fully saturated rings. The molecule has 1 unspecified atom stereocenters. The van der Waals surface area contributed by atoms with Crippen LogP contribution in [0.4, 0.5) is 0 Å². The molecule has 2 N–H and O–H groups in total. The third-order valence-corrected chi connectivity index (χ3v) is 2.09. The normalized spacial score (nSPS) is 24.8. The van der Waals surface area contributed by atoms with Gasteiger partial charge in [0.2, 0.25) is 0 Å². The van der Waals surface area contributed by atoms with Crippen molar-refractivity contribution in [3.8, 4) is 0 Å². The van der Waals surface area contributed by atoms with E-state index in [-0.39, 0.29) is 0 Å². The first-order valence-electron chi connectivity index (χ1n) is 3.95. The first-order valence-corrected chi connectivity index (χ1v) is 3.95. The van der Waals surface area contributed by atoms with Crippen LogP contribution in [-0.2, 0) is 0 Å². The number of rotatable bonds is 1. The molecular formula is C9H15NO. The van der Waals surface area contributed by atoms with Gasteiger partial charge in [-0.05, 0) is 12.0 Å². The van der Waals surface area contributed by atoms with Crippen molar-refractivity contribution >= 4 is 0 Å². The van der Waals surface area contributed by atoms with Crippen LogP contribution in [0.1, 0.15) is 13.8 Å². The van der Waals surface area contributed by atoms with Crippen molar-refractivity contribution in [1.29, 1.82) is 0 Å². The van der Waals surface area contributed by atoms with Crippen LogP contribution in [0.2, 0.25) is 0 Å². The highest BCUT2D eigenvalue weighted by Crippen LogP contribution is 2.19. The predicted octanol–water partition coefficient (Wildman–Crippen LogP) is 1.82. The molecule has 1 aliphatic rings. The van der Waals surface area contributed by atoms with E-state index in [0.717, 1.165) is 6.54 Å². The first-order chi connectivity index (χ1) is 5.11. The predicted molar refractivity (Wildman–Crippen MR) is 46.2 cm³/mol. The van der Waals surface area contributed by atoms with Gasteiger partial charge in [0.25, 0.3) is 0 Å². The summed E-state index contributed by atoms with van der Waals surface area (Å²) >= 11 is 0. The Bertz CT molecular complexity index is 194. The van der Waals surface area contributed by atoms with Crippen molar-refractivity contribution in [3.05, 3.63) is 24.1 Å². The van der Waals surface area contributed by atoms with E-state index in [1.807, 2.05) is 6.08 Å². The lowest BCUT2D eigenvalue weighted by molar-refractivity contribution is 0.358. The summed E-state index contributed by atoms with van der Waals surface area (Å²) in [6.45, 7) is 8.84. The average molecular weight is 153 g/mol. The van der Waals surface area contributed by atoms with Crippen LogP contribution >= 0.6 is 0 Å². The molecule has 0 aromatic heterocycles. The van der Waals surface area contributed by atoms with Crippen molar-refractivity contribution in [2.24, 2.45) is 11.8 Å². The van der Waals surface area contributed by atoms with E-state index in [1.54, 1.807) is 0 Å². The highest BCUT2D eigenvalue weighted by Gasteiger charge is 2.17. The van der Waals surface area contributed by atoms with E-state index in [9.17, 15) is 5.11 Å². The number of hydrogen-bond donors (Lipinski definition) is 2. The van der Waals surface area contributed by atoms with Crippen LogP contribution in [0.15, 0.2) is 24.1 Å². The second-order valence-electron chi connectivity index (χ2n) is 3.32. The van der Waals surface area contributed by atoms with Gasteiger partial charge in [0.05, 0.1) is 5.70 Å². The number of hydrogen-bond acceptors (Lipinski definition) is 2. The van der Waals surface area contributed by atoms with Gasteiger partial charge in [-0.15, -0.1) is 0 Å². The van der Waals surface area contributed by atoms with Crippen LogP contribution < -0.4 is 5.32 Å². The minimum atomic E-state index is 0.301. The highest BCUT2D eigenvalue weighted by atomic mass is 16.3. The van der Waals surface area contributed by atoms with Gasteiger partial charge in [0.15, 0.2) is 0 Å². The van der Waals surface area contributed by atoms with E-state index in [4.69, 9.17) is 0 Å². The van der Waals surface area contributed by atoms with E-state index in [1.165, 1.54) is 0 Å². The monoisotopic (exact) mass is 153 g/mol. The summed E-state index contributed by atoms with van der Waals surface area (Å²) in [6, 6.07) is 0. The minimum absolute atomic E-state index is 0.301. The molecule has 0 amide bonds. The number of aliphatic hydroxyl groups is 1. The molecule has 0 saturated heterocycles. The van der Waals surface area contributed by atoms with Crippen molar-refractivity contribution in [2.75, 3.05) is 6.54 Å². The Balaban J connectivity index is 2.69. The van der Waals surface area contributed by atoms with Gasteiger partial charge >= 0.3 is 0 Å². The second kappa shape index (κ2) is 2.99. The number of aliphatic hydroxyl groups excluding tert-OH is 1. The lowest BCUT2D eigenvalue weighted by atomic mass is 9.92. The molecule has 0 aromatic carbocycles. The van der Waals surface area contributed by atoms with E-state index < -0.39 is 0 Å². The van der Waals surface area contributed by atoms with Crippen molar-refractivity contribution in [3.63, 3.8) is 0 Å². The summed E-state index contributed by atoms with van der Waals surface area (Å²) in [5.41, 5.74) is 0.641. The zero-order valence-corrected chi connectivity index (χ0v) is 7.09. The van der Waals surface area contributed by atoms with E-state index in [2.05, 4.69) is 25.7 Å². The molecule has 0 radical (unpaired) electrons. The van der Waals surface area contributed by atoms with Crippen LogP contribution in [0, 0.1) is 11.8 Å². The Morgan fingerprint density at radius 1 is 1.73 bits per heavy atom. The molecular weight excluding hydrogens is 138 g/mol. The fourth-order valence-electron chi connectivity index (χ4n) is 1.12. The van der Waals surface area contributed by atoms with Crippen LogP contribution in [0.25, 0.3) is 0 Å².